The molecule has 0 aromatic heterocycles. The van der Waals surface area contributed by atoms with Gasteiger partial charge in [0.05, 0.1) is 0 Å². The molecule has 2 rings (SSSR count). The van der Waals surface area contributed by atoms with Gasteiger partial charge < -0.3 is 9.31 Å². The number of rotatable bonds is 4. The predicted molar refractivity (Wildman–Crippen MR) is 90.5 cm³/mol. The molecule has 6 heteroatoms. The van der Waals surface area contributed by atoms with Crippen molar-refractivity contribution in [2.45, 2.75) is 19.8 Å². The first kappa shape index (κ1) is 16.5. The van der Waals surface area contributed by atoms with Crippen LogP contribution < -0.4 is 5.46 Å². The molecular formula is C14H20BBr2NO2. The van der Waals surface area contributed by atoms with Crippen LogP contribution in [0.25, 0.3) is 0 Å². The molecule has 1 aliphatic rings. The van der Waals surface area contributed by atoms with E-state index in [4.69, 9.17) is 9.31 Å². The number of hydrogen-bond donors (Lipinski definition) is 0. The van der Waals surface area contributed by atoms with Crippen LogP contribution in [0.3, 0.4) is 0 Å². The molecule has 1 aromatic carbocycles. The smallest absolute Gasteiger partial charge is 0.406 e. The molecule has 0 radical (unpaired) electrons. The molecule has 0 atom stereocenters. The van der Waals surface area contributed by atoms with Crippen LogP contribution in [0.2, 0.25) is 0 Å². The maximum Gasteiger partial charge on any atom is 0.495 e. The fraction of sp³-hybridized carbons (Fsp3) is 0.571. The van der Waals surface area contributed by atoms with Crippen molar-refractivity contribution in [3.63, 3.8) is 0 Å². The van der Waals surface area contributed by atoms with Crippen LogP contribution in [0.4, 0.5) is 0 Å². The summed E-state index contributed by atoms with van der Waals surface area (Å²) in [6.07, 6.45) is 2.46. The number of halogens is 2. The molecule has 3 nitrogen and oxygen atoms in total. The highest BCUT2D eigenvalue weighted by molar-refractivity contribution is 9.11. The lowest BCUT2D eigenvalue weighted by Gasteiger charge is -2.27. The van der Waals surface area contributed by atoms with Gasteiger partial charge in [-0.05, 0) is 36.6 Å². The van der Waals surface area contributed by atoms with Crippen LogP contribution in [0.15, 0.2) is 27.1 Å². The zero-order valence-corrected chi connectivity index (χ0v) is 15.0. The van der Waals surface area contributed by atoms with Crippen molar-refractivity contribution in [1.29, 1.82) is 0 Å². The first-order chi connectivity index (χ1) is 9.70. The van der Waals surface area contributed by atoms with Crippen LogP contribution in [0.5, 0.6) is 0 Å². The van der Waals surface area contributed by atoms with Crippen molar-refractivity contribution < 1.29 is 9.31 Å². The summed E-state index contributed by atoms with van der Waals surface area (Å²) >= 11 is 7.06. The third-order valence-corrected chi connectivity index (χ3v) is 4.61. The van der Waals surface area contributed by atoms with Gasteiger partial charge in [-0.1, -0.05) is 45.2 Å². The minimum absolute atomic E-state index is 0.282. The maximum absolute atomic E-state index is 5.90. The summed E-state index contributed by atoms with van der Waals surface area (Å²) in [6.45, 7) is 6.71. The largest absolute Gasteiger partial charge is 0.495 e. The summed E-state index contributed by atoms with van der Waals surface area (Å²) in [4.78, 5) is 2.41. The lowest BCUT2D eigenvalue weighted by Crippen LogP contribution is -2.45. The highest BCUT2D eigenvalue weighted by Gasteiger charge is 2.26. The van der Waals surface area contributed by atoms with Gasteiger partial charge in [0, 0.05) is 35.2 Å². The van der Waals surface area contributed by atoms with Gasteiger partial charge in [-0.25, -0.2) is 0 Å². The van der Waals surface area contributed by atoms with Crippen LogP contribution in [0, 0.1) is 0 Å². The zero-order valence-electron chi connectivity index (χ0n) is 11.8. The van der Waals surface area contributed by atoms with E-state index >= 15 is 0 Å². The molecule has 0 unspecified atom stereocenters. The second-order valence-electron chi connectivity index (χ2n) is 4.93. The lowest BCUT2D eigenvalue weighted by atomic mass is 9.78. The zero-order chi connectivity index (χ0) is 14.4. The van der Waals surface area contributed by atoms with Crippen molar-refractivity contribution in [2.24, 2.45) is 0 Å². The van der Waals surface area contributed by atoms with Gasteiger partial charge in [0.15, 0.2) is 0 Å². The fourth-order valence-corrected chi connectivity index (χ4v) is 3.03. The Labute approximate surface area is 138 Å². The Morgan fingerprint density at radius 3 is 2.55 bits per heavy atom. The van der Waals surface area contributed by atoms with Gasteiger partial charge in [0.2, 0.25) is 0 Å². The molecule has 0 amide bonds. The Morgan fingerprint density at radius 2 is 1.90 bits per heavy atom. The fourth-order valence-electron chi connectivity index (χ4n) is 2.22. The number of benzene rings is 1. The van der Waals surface area contributed by atoms with Crippen molar-refractivity contribution in [2.75, 3.05) is 32.8 Å². The van der Waals surface area contributed by atoms with Crippen LogP contribution in [0.1, 0.15) is 19.8 Å². The highest BCUT2D eigenvalue weighted by atomic mass is 79.9. The minimum atomic E-state index is -0.282. The standard InChI is InChI=1S/C14H20BBr2NO2/c1-2-3-6-18-7-9-19-15(20-10-8-18)13-11-12(16)4-5-14(13)17/h4-5,11H,2-3,6-10H2,1H3. The van der Waals surface area contributed by atoms with E-state index in [1.54, 1.807) is 0 Å². The molecule has 0 bridgehead atoms. The second-order valence-corrected chi connectivity index (χ2v) is 6.70. The first-order valence-electron chi connectivity index (χ1n) is 7.11. The van der Waals surface area contributed by atoms with Gasteiger partial charge >= 0.3 is 7.12 Å². The molecule has 0 saturated carbocycles. The summed E-state index contributed by atoms with van der Waals surface area (Å²) < 4.78 is 13.9. The third kappa shape index (κ3) is 4.84. The molecule has 1 fully saturated rings. The summed E-state index contributed by atoms with van der Waals surface area (Å²) in [5.41, 5.74) is 1.04. The van der Waals surface area contributed by atoms with Gasteiger partial charge in [-0.2, -0.15) is 0 Å². The second kappa shape index (κ2) is 8.54. The molecule has 0 aliphatic carbocycles. The van der Waals surface area contributed by atoms with Crippen molar-refractivity contribution in [3.05, 3.63) is 27.1 Å². The molecule has 110 valence electrons. The highest BCUT2D eigenvalue weighted by Crippen LogP contribution is 2.15. The van der Waals surface area contributed by atoms with Crippen molar-refractivity contribution >= 4 is 44.4 Å². The topological polar surface area (TPSA) is 21.7 Å². The van der Waals surface area contributed by atoms with Crippen molar-refractivity contribution in [1.82, 2.24) is 4.90 Å². The molecule has 1 heterocycles. The first-order valence-corrected chi connectivity index (χ1v) is 8.70. The molecule has 1 saturated heterocycles. The van der Waals surface area contributed by atoms with E-state index in [0.717, 1.165) is 34.0 Å². The molecule has 1 aromatic rings. The molecule has 0 N–H and O–H groups in total. The van der Waals surface area contributed by atoms with E-state index in [9.17, 15) is 0 Å². The van der Waals surface area contributed by atoms with E-state index in [1.807, 2.05) is 18.2 Å². The normalized spacial score (nSPS) is 17.9. The third-order valence-electron chi connectivity index (χ3n) is 3.39. The molecule has 0 spiro atoms. The Kier molecular flexibility index (Phi) is 7.04. The SMILES string of the molecule is CCCCN1CCOB(c2cc(Br)ccc2Br)OCC1. The van der Waals surface area contributed by atoms with Crippen LogP contribution >= 0.6 is 31.9 Å². The van der Waals surface area contributed by atoms with E-state index in [0.29, 0.717) is 13.2 Å². The van der Waals surface area contributed by atoms with E-state index < -0.39 is 0 Å². The lowest BCUT2D eigenvalue weighted by molar-refractivity contribution is 0.115. The van der Waals surface area contributed by atoms with E-state index in [-0.39, 0.29) is 7.12 Å². The van der Waals surface area contributed by atoms with Crippen LogP contribution in [-0.2, 0) is 9.31 Å². The average Bonchev–Trinajstić information content (AvgIpc) is 2.41. The van der Waals surface area contributed by atoms with Gasteiger partial charge in [-0.15, -0.1) is 0 Å². The predicted octanol–water partition coefficient (Wildman–Crippen LogP) is 3.06. The monoisotopic (exact) mass is 403 g/mol. The Hall–Kier alpha value is 0.125. The van der Waals surface area contributed by atoms with Gasteiger partial charge in [0.25, 0.3) is 0 Å². The maximum atomic E-state index is 5.90. The number of nitrogens with zero attached hydrogens (tertiary/aromatic N) is 1. The minimum Gasteiger partial charge on any atom is -0.406 e. The van der Waals surface area contributed by atoms with E-state index in [1.165, 1.54) is 12.8 Å². The average molecular weight is 405 g/mol. The Morgan fingerprint density at radius 1 is 1.20 bits per heavy atom. The van der Waals surface area contributed by atoms with Gasteiger partial charge in [0.1, 0.15) is 0 Å². The van der Waals surface area contributed by atoms with E-state index in [2.05, 4.69) is 43.7 Å². The van der Waals surface area contributed by atoms with Crippen molar-refractivity contribution in [3.8, 4) is 0 Å². The molecule has 1 aliphatic heterocycles. The summed E-state index contributed by atoms with van der Waals surface area (Å²) in [5.74, 6) is 0. The summed E-state index contributed by atoms with van der Waals surface area (Å²) in [5, 5.41) is 0. The number of unbranched alkanes of at least 4 members (excludes halogenated alkanes) is 1. The summed E-state index contributed by atoms with van der Waals surface area (Å²) in [7, 11) is -0.282. The summed E-state index contributed by atoms with van der Waals surface area (Å²) in [6, 6.07) is 6.06. The number of hydrogen-bond acceptors (Lipinski definition) is 3. The Balaban J connectivity index is 1.94. The Bertz CT molecular complexity index is 424. The molecular weight excluding hydrogens is 385 g/mol. The quantitative estimate of drug-likeness (QED) is 0.720. The molecule has 20 heavy (non-hydrogen) atoms. The van der Waals surface area contributed by atoms with Gasteiger partial charge in [-0.3, -0.25) is 4.90 Å². The van der Waals surface area contributed by atoms with Crippen LogP contribution in [-0.4, -0.2) is 44.9 Å².